The molecule has 0 aliphatic heterocycles. The van der Waals surface area contributed by atoms with Crippen molar-refractivity contribution in [1.82, 2.24) is 5.32 Å². The molecule has 0 heterocycles. The average Bonchev–Trinajstić information content (AvgIpc) is 3.16. The molecule has 3 aromatic rings. The molecule has 1 aliphatic rings. The van der Waals surface area contributed by atoms with Crippen molar-refractivity contribution in [3.8, 4) is 22.6 Å². The molecule has 7 nitrogen and oxygen atoms in total. The van der Waals surface area contributed by atoms with E-state index in [0.717, 1.165) is 22.3 Å². The van der Waals surface area contributed by atoms with E-state index in [9.17, 15) is 14.7 Å². The van der Waals surface area contributed by atoms with Gasteiger partial charge in [-0.15, -0.1) is 0 Å². The highest BCUT2D eigenvalue weighted by molar-refractivity contribution is 5.81. The second kappa shape index (κ2) is 9.65. The molecule has 0 saturated heterocycles. The Bertz CT molecular complexity index is 1130. The van der Waals surface area contributed by atoms with Gasteiger partial charge in [-0.05, 0) is 39.9 Å². The Morgan fingerprint density at radius 2 is 1.52 bits per heavy atom. The standard InChI is InChI=1S/C26H25NO6/c1-31-23-12-11-16(14-24(23)32-2)13-22(25(28)29)27-26(30)33-15-21-19-9-5-3-7-17(19)18-8-4-6-10-20(18)21/h3-12,14,21-22H,13,15H2,1-2H3,(H,27,30)(H,28,29)/t22-/m0/s1. The van der Waals surface area contributed by atoms with E-state index in [0.29, 0.717) is 17.1 Å². The molecule has 1 aliphatic carbocycles. The van der Waals surface area contributed by atoms with Crippen LogP contribution < -0.4 is 14.8 Å². The molecule has 0 fully saturated rings. The fourth-order valence-corrected chi connectivity index (χ4v) is 4.23. The maximum Gasteiger partial charge on any atom is 0.407 e. The van der Waals surface area contributed by atoms with Crippen LogP contribution in [0.3, 0.4) is 0 Å². The molecule has 7 heteroatoms. The van der Waals surface area contributed by atoms with E-state index < -0.39 is 18.1 Å². The number of amides is 1. The average molecular weight is 447 g/mol. The monoisotopic (exact) mass is 447 g/mol. The van der Waals surface area contributed by atoms with E-state index in [4.69, 9.17) is 14.2 Å². The van der Waals surface area contributed by atoms with Gasteiger partial charge in [-0.2, -0.15) is 0 Å². The molecular weight excluding hydrogens is 422 g/mol. The third-order valence-electron chi connectivity index (χ3n) is 5.82. The number of aliphatic carboxylic acids is 1. The molecule has 0 spiro atoms. The first kappa shape index (κ1) is 22.2. The minimum absolute atomic E-state index is 0.0693. The second-order valence-corrected chi connectivity index (χ2v) is 7.75. The third-order valence-corrected chi connectivity index (χ3v) is 5.82. The summed E-state index contributed by atoms with van der Waals surface area (Å²) in [7, 11) is 3.03. The van der Waals surface area contributed by atoms with Crippen LogP contribution >= 0.6 is 0 Å². The number of carbonyl (C=O) groups excluding carboxylic acids is 1. The Morgan fingerprint density at radius 1 is 0.909 bits per heavy atom. The molecule has 0 bridgehead atoms. The van der Waals surface area contributed by atoms with Gasteiger partial charge in [0.15, 0.2) is 11.5 Å². The highest BCUT2D eigenvalue weighted by Gasteiger charge is 2.29. The number of carbonyl (C=O) groups is 2. The van der Waals surface area contributed by atoms with Crippen LogP contribution in [0.15, 0.2) is 66.7 Å². The number of rotatable bonds is 8. The first-order valence-electron chi connectivity index (χ1n) is 10.6. The van der Waals surface area contributed by atoms with Gasteiger partial charge in [0.25, 0.3) is 0 Å². The van der Waals surface area contributed by atoms with E-state index in [1.807, 2.05) is 36.4 Å². The second-order valence-electron chi connectivity index (χ2n) is 7.75. The number of fused-ring (bicyclic) bond motifs is 3. The summed E-state index contributed by atoms with van der Waals surface area (Å²) in [4.78, 5) is 24.3. The number of methoxy groups -OCH3 is 2. The van der Waals surface area contributed by atoms with Crippen LogP contribution in [0.5, 0.6) is 11.5 Å². The number of alkyl carbamates (subject to hydrolysis) is 1. The lowest BCUT2D eigenvalue weighted by atomic mass is 9.98. The zero-order valence-corrected chi connectivity index (χ0v) is 18.4. The smallest absolute Gasteiger partial charge is 0.407 e. The number of ether oxygens (including phenoxy) is 3. The van der Waals surface area contributed by atoms with Crippen molar-refractivity contribution in [3.63, 3.8) is 0 Å². The quantitative estimate of drug-likeness (QED) is 0.537. The Morgan fingerprint density at radius 3 is 2.09 bits per heavy atom. The minimum Gasteiger partial charge on any atom is -0.493 e. The Kier molecular flexibility index (Phi) is 6.49. The summed E-state index contributed by atoms with van der Waals surface area (Å²) >= 11 is 0. The molecule has 4 rings (SSSR count). The van der Waals surface area contributed by atoms with E-state index in [2.05, 4.69) is 17.4 Å². The molecule has 3 aromatic carbocycles. The van der Waals surface area contributed by atoms with Crippen molar-refractivity contribution >= 4 is 12.1 Å². The Labute approximate surface area is 191 Å². The zero-order valence-electron chi connectivity index (χ0n) is 18.4. The first-order valence-corrected chi connectivity index (χ1v) is 10.6. The molecule has 170 valence electrons. The number of benzene rings is 3. The summed E-state index contributed by atoms with van der Waals surface area (Å²) in [6.45, 7) is 0.114. The van der Waals surface area contributed by atoms with Gasteiger partial charge in [0.2, 0.25) is 0 Å². The van der Waals surface area contributed by atoms with Crippen LogP contribution in [0.25, 0.3) is 11.1 Å². The molecule has 1 atom stereocenters. The lowest BCUT2D eigenvalue weighted by Crippen LogP contribution is -2.42. The number of hydrogen-bond acceptors (Lipinski definition) is 5. The van der Waals surface area contributed by atoms with Crippen LogP contribution in [-0.4, -0.2) is 44.0 Å². The summed E-state index contributed by atoms with van der Waals surface area (Å²) in [6, 6.07) is 20.0. The number of carboxylic acids is 1. The summed E-state index contributed by atoms with van der Waals surface area (Å²) in [5.41, 5.74) is 5.11. The van der Waals surface area contributed by atoms with Crippen molar-refractivity contribution in [1.29, 1.82) is 0 Å². The van der Waals surface area contributed by atoms with Crippen molar-refractivity contribution in [2.75, 3.05) is 20.8 Å². The van der Waals surface area contributed by atoms with Gasteiger partial charge in [0.05, 0.1) is 14.2 Å². The zero-order chi connectivity index (χ0) is 23.4. The fourth-order valence-electron chi connectivity index (χ4n) is 4.23. The topological polar surface area (TPSA) is 94.1 Å². The minimum atomic E-state index is -1.15. The van der Waals surface area contributed by atoms with E-state index in [-0.39, 0.29) is 18.9 Å². The van der Waals surface area contributed by atoms with Gasteiger partial charge in [-0.1, -0.05) is 54.6 Å². The predicted octanol–water partition coefficient (Wildman–Crippen LogP) is 4.24. The molecule has 33 heavy (non-hydrogen) atoms. The summed E-state index contributed by atoms with van der Waals surface area (Å²) < 4.78 is 16.0. The van der Waals surface area contributed by atoms with E-state index in [1.165, 1.54) is 14.2 Å². The molecule has 0 saturated carbocycles. The summed E-state index contributed by atoms with van der Waals surface area (Å²) in [5.74, 6) is -0.228. The fraction of sp³-hybridized carbons (Fsp3) is 0.231. The van der Waals surface area contributed by atoms with Crippen molar-refractivity contribution in [2.45, 2.75) is 18.4 Å². The van der Waals surface area contributed by atoms with E-state index in [1.54, 1.807) is 18.2 Å². The molecular formula is C26H25NO6. The van der Waals surface area contributed by atoms with Crippen LogP contribution in [0.1, 0.15) is 22.6 Å². The summed E-state index contributed by atoms with van der Waals surface area (Å²) in [5, 5.41) is 12.1. The van der Waals surface area contributed by atoms with Crippen LogP contribution in [0.4, 0.5) is 4.79 Å². The molecule has 0 aromatic heterocycles. The number of nitrogens with one attached hydrogen (secondary N) is 1. The van der Waals surface area contributed by atoms with Crippen molar-refractivity contribution in [2.24, 2.45) is 0 Å². The van der Waals surface area contributed by atoms with Gasteiger partial charge < -0.3 is 24.6 Å². The lowest BCUT2D eigenvalue weighted by molar-refractivity contribution is -0.139. The highest BCUT2D eigenvalue weighted by atomic mass is 16.5. The molecule has 2 N–H and O–H groups in total. The number of hydrogen-bond donors (Lipinski definition) is 2. The predicted molar refractivity (Wildman–Crippen MR) is 123 cm³/mol. The van der Waals surface area contributed by atoms with Gasteiger partial charge in [0.1, 0.15) is 12.6 Å². The van der Waals surface area contributed by atoms with Gasteiger partial charge >= 0.3 is 12.1 Å². The van der Waals surface area contributed by atoms with Crippen LogP contribution in [0.2, 0.25) is 0 Å². The Balaban J connectivity index is 1.43. The van der Waals surface area contributed by atoms with Gasteiger partial charge in [0, 0.05) is 12.3 Å². The third kappa shape index (κ3) is 4.62. The van der Waals surface area contributed by atoms with Gasteiger partial charge in [-0.25, -0.2) is 9.59 Å². The molecule has 0 unspecified atom stereocenters. The van der Waals surface area contributed by atoms with Crippen LogP contribution in [-0.2, 0) is 16.0 Å². The molecule has 1 amide bonds. The Hall–Kier alpha value is -4.00. The maximum atomic E-state index is 12.5. The van der Waals surface area contributed by atoms with Crippen LogP contribution in [0, 0.1) is 0 Å². The molecule has 0 radical (unpaired) electrons. The lowest BCUT2D eigenvalue weighted by Gasteiger charge is -2.18. The highest BCUT2D eigenvalue weighted by Crippen LogP contribution is 2.44. The van der Waals surface area contributed by atoms with Crippen molar-refractivity contribution in [3.05, 3.63) is 83.4 Å². The maximum absolute atomic E-state index is 12.5. The van der Waals surface area contributed by atoms with Crippen molar-refractivity contribution < 1.29 is 28.9 Å². The number of carboxylic acid groups (broad SMARTS) is 1. The van der Waals surface area contributed by atoms with E-state index >= 15 is 0 Å². The SMILES string of the molecule is COc1ccc(C[C@H](NC(=O)OCC2c3ccccc3-c3ccccc32)C(=O)O)cc1OC. The first-order chi connectivity index (χ1) is 16.0. The van der Waals surface area contributed by atoms with Gasteiger partial charge in [-0.3, -0.25) is 0 Å². The summed E-state index contributed by atoms with van der Waals surface area (Å²) in [6.07, 6.45) is -0.704. The largest absolute Gasteiger partial charge is 0.493 e. The normalized spacial score (nSPS) is 12.9.